The van der Waals surface area contributed by atoms with Crippen LogP contribution in [0.2, 0.25) is 0 Å². The fraction of sp³-hybridized carbons (Fsp3) is 0.222. The van der Waals surface area contributed by atoms with Crippen molar-refractivity contribution in [1.82, 2.24) is 5.32 Å². The molecule has 4 heteroatoms. The average Bonchev–Trinajstić information content (AvgIpc) is 2.45. The van der Waals surface area contributed by atoms with Crippen LogP contribution in [0.4, 0.5) is 0 Å². The van der Waals surface area contributed by atoms with Gasteiger partial charge in [0.1, 0.15) is 0 Å². The van der Waals surface area contributed by atoms with Crippen LogP contribution in [0.3, 0.4) is 0 Å². The van der Waals surface area contributed by atoms with E-state index in [4.69, 9.17) is 0 Å². The number of carbonyl (C=O) groups excluding carboxylic acids is 1. The van der Waals surface area contributed by atoms with Crippen LogP contribution in [0.15, 0.2) is 22.0 Å². The largest absolute Gasteiger partial charge is 0.353 e. The maximum absolute atomic E-state index is 10.5. The zero-order valence-corrected chi connectivity index (χ0v) is 9.61. The number of hydrogen-bond donors (Lipinski definition) is 1. The van der Waals surface area contributed by atoms with Crippen LogP contribution in [0.25, 0.3) is 6.08 Å². The number of rotatable bonds is 3. The summed E-state index contributed by atoms with van der Waals surface area (Å²) in [4.78, 5) is 11.7. The van der Waals surface area contributed by atoms with Gasteiger partial charge in [-0.15, -0.1) is 11.3 Å². The predicted octanol–water partition coefficient (Wildman–Crippen LogP) is 2.66. The summed E-state index contributed by atoms with van der Waals surface area (Å²) in [5.74, 6) is -0.00277. The summed E-state index contributed by atoms with van der Waals surface area (Å²) >= 11 is 5.04. The highest BCUT2D eigenvalue weighted by molar-refractivity contribution is 9.11. The lowest BCUT2D eigenvalue weighted by molar-refractivity contribution is -0.118. The van der Waals surface area contributed by atoms with Crippen molar-refractivity contribution in [1.29, 1.82) is 0 Å². The van der Waals surface area contributed by atoms with Crippen LogP contribution in [0.5, 0.6) is 0 Å². The first-order chi connectivity index (χ1) is 6.18. The van der Waals surface area contributed by atoms with E-state index in [2.05, 4.69) is 21.2 Å². The molecule has 0 aliphatic heterocycles. The first-order valence-corrected chi connectivity index (χ1v) is 5.46. The van der Waals surface area contributed by atoms with Crippen molar-refractivity contribution in [2.45, 2.75) is 6.92 Å². The second kappa shape index (κ2) is 5.19. The van der Waals surface area contributed by atoms with E-state index in [-0.39, 0.29) is 5.91 Å². The third-order valence-corrected chi connectivity index (χ3v) is 2.93. The van der Waals surface area contributed by atoms with E-state index in [0.29, 0.717) is 6.54 Å². The van der Waals surface area contributed by atoms with Crippen LogP contribution in [-0.4, -0.2) is 12.5 Å². The smallest absolute Gasteiger partial charge is 0.217 e. The lowest BCUT2D eigenvalue weighted by Gasteiger charge is -1.93. The zero-order chi connectivity index (χ0) is 9.68. The third kappa shape index (κ3) is 4.24. The molecule has 0 atom stereocenters. The van der Waals surface area contributed by atoms with Crippen molar-refractivity contribution >= 4 is 39.2 Å². The molecule has 1 aromatic rings. The molecule has 0 fully saturated rings. The molecule has 0 aliphatic carbocycles. The van der Waals surface area contributed by atoms with Crippen LogP contribution in [0.1, 0.15) is 11.8 Å². The van der Waals surface area contributed by atoms with Gasteiger partial charge in [-0.25, -0.2) is 0 Å². The number of hydrogen-bond acceptors (Lipinski definition) is 2. The number of nitrogens with one attached hydrogen (secondary N) is 1. The highest BCUT2D eigenvalue weighted by Crippen LogP contribution is 2.22. The molecule has 0 aliphatic rings. The van der Waals surface area contributed by atoms with Crippen molar-refractivity contribution in [3.63, 3.8) is 0 Å². The van der Waals surface area contributed by atoms with Crippen molar-refractivity contribution < 1.29 is 4.79 Å². The SMILES string of the molecule is CC(=O)NCC=Cc1ccc(Br)s1. The summed E-state index contributed by atoms with van der Waals surface area (Å²) in [6, 6.07) is 4.03. The van der Waals surface area contributed by atoms with Gasteiger partial charge in [-0.05, 0) is 34.1 Å². The molecule has 70 valence electrons. The lowest BCUT2D eigenvalue weighted by atomic mass is 10.4. The molecule has 1 N–H and O–H groups in total. The van der Waals surface area contributed by atoms with E-state index in [9.17, 15) is 4.79 Å². The highest BCUT2D eigenvalue weighted by Gasteiger charge is 1.91. The second-order valence-corrected chi connectivity index (χ2v) is 4.98. The fourth-order valence-electron chi connectivity index (χ4n) is 0.796. The molecule has 1 rings (SSSR count). The van der Waals surface area contributed by atoms with Gasteiger partial charge < -0.3 is 5.32 Å². The summed E-state index contributed by atoms with van der Waals surface area (Å²) in [6.07, 6.45) is 3.92. The molecule has 2 nitrogen and oxygen atoms in total. The molecule has 0 unspecified atom stereocenters. The average molecular weight is 260 g/mol. The molecule has 1 amide bonds. The first-order valence-electron chi connectivity index (χ1n) is 3.85. The van der Waals surface area contributed by atoms with Crippen molar-refractivity contribution in [3.8, 4) is 0 Å². The molecule has 1 heterocycles. The Balaban J connectivity index is 2.36. The van der Waals surface area contributed by atoms with E-state index in [1.54, 1.807) is 11.3 Å². The molecule has 1 aromatic heterocycles. The molecule has 0 aromatic carbocycles. The van der Waals surface area contributed by atoms with Crippen LogP contribution >= 0.6 is 27.3 Å². The predicted molar refractivity (Wildman–Crippen MR) is 59.7 cm³/mol. The minimum absolute atomic E-state index is 0.00277. The standard InChI is InChI=1S/C9H10BrNOS/c1-7(12)11-6-2-3-8-4-5-9(10)13-8/h2-5H,6H2,1H3,(H,11,12). The molecule has 0 bridgehead atoms. The second-order valence-electron chi connectivity index (χ2n) is 2.48. The summed E-state index contributed by atoms with van der Waals surface area (Å²) in [6.45, 7) is 2.10. The van der Waals surface area contributed by atoms with Gasteiger partial charge in [0.15, 0.2) is 0 Å². The number of carbonyl (C=O) groups is 1. The van der Waals surface area contributed by atoms with Gasteiger partial charge in [0.05, 0.1) is 3.79 Å². The fourth-order valence-corrected chi connectivity index (χ4v) is 2.15. The van der Waals surface area contributed by atoms with E-state index in [1.807, 2.05) is 24.3 Å². The Hall–Kier alpha value is -0.610. The van der Waals surface area contributed by atoms with Crippen LogP contribution in [0, 0.1) is 0 Å². The Kier molecular flexibility index (Phi) is 4.18. The van der Waals surface area contributed by atoms with Crippen molar-refractivity contribution in [3.05, 3.63) is 26.9 Å². The minimum atomic E-state index is -0.00277. The van der Waals surface area contributed by atoms with E-state index in [1.165, 1.54) is 11.8 Å². The Bertz CT molecular complexity index is 319. The first kappa shape index (κ1) is 10.5. The van der Waals surface area contributed by atoms with Gasteiger partial charge in [0, 0.05) is 18.3 Å². The molecule has 13 heavy (non-hydrogen) atoms. The van der Waals surface area contributed by atoms with Crippen LogP contribution < -0.4 is 5.32 Å². The van der Waals surface area contributed by atoms with Gasteiger partial charge >= 0.3 is 0 Å². The van der Waals surface area contributed by atoms with E-state index >= 15 is 0 Å². The third-order valence-electron chi connectivity index (χ3n) is 1.34. The van der Waals surface area contributed by atoms with Crippen molar-refractivity contribution in [2.24, 2.45) is 0 Å². The van der Waals surface area contributed by atoms with Gasteiger partial charge in [0.2, 0.25) is 5.91 Å². The maximum atomic E-state index is 10.5. The highest BCUT2D eigenvalue weighted by atomic mass is 79.9. The molecule has 0 saturated carbocycles. The Labute approximate surface area is 89.8 Å². The van der Waals surface area contributed by atoms with Crippen LogP contribution in [-0.2, 0) is 4.79 Å². The minimum Gasteiger partial charge on any atom is -0.353 e. The van der Waals surface area contributed by atoms with Gasteiger partial charge in [-0.3, -0.25) is 4.79 Å². The summed E-state index contributed by atoms with van der Waals surface area (Å²) in [5.41, 5.74) is 0. The number of amides is 1. The lowest BCUT2D eigenvalue weighted by Crippen LogP contribution is -2.19. The normalized spacial score (nSPS) is 10.6. The Morgan fingerprint density at radius 2 is 2.46 bits per heavy atom. The molecular formula is C9H10BrNOS. The number of halogens is 1. The molecular weight excluding hydrogens is 250 g/mol. The Morgan fingerprint density at radius 1 is 1.69 bits per heavy atom. The molecule has 0 radical (unpaired) electrons. The van der Waals surface area contributed by atoms with E-state index in [0.717, 1.165) is 3.79 Å². The van der Waals surface area contributed by atoms with Gasteiger partial charge in [-0.1, -0.05) is 6.08 Å². The van der Waals surface area contributed by atoms with Gasteiger partial charge in [0.25, 0.3) is 0 Å². The monoisotopic (exact) mass is 259 g/mol. The van der Waals surface area contributed by atoms with Crippen molar-refractivity contribution in [2.75, 3.05) is 6.54 Å². The summed E-state index contributed by atoms with van der Waals surface area (Å²) < 4.78 is 1.12. The summed E-state index contributed by atoms with van der Waals surface area (Å²) in [7, 11) is 0. The molecule has 0 saturated heterocycles. The Morgan fingerprint density at radius 3 is 3.00 bits per heavy atom. The summed E-state index contributed by atoms with van der Waals surface area (Å²) in [5, 5.41) is 2.69. The zero-order valence-electron chi connectivity index (χ0n) is 7.21. The topological polar surface area (TPSA) is 29.1 Å². The number of thiophene rings is 1. The maximum Gasteiger partial charge on any atom is 0.217 e. The van der Waals surface area contributed by atoms with Gasteiger partial charge in [-0.2, -0.15) is 0 Å². The van der Waals surface area contributed by atoms with E-state index < -0.39 is 0 Å². The quantitative estimate of drug-likeness (QED) is 0.889. The molecule has 0 spiro atoms.